The Kier molecular flexibility index (Phi) is 3.66. The van der Waals surface area contributed by atoms with Gasteiger partial charge >= 0.3 is 0 Å². The molecule has 1 saturated heterocycles. The Morgan fingerprint density at radius 1 is 1.30 bits per heavy atom. The van der Waals surface area contributed by atoms with Gasteiger partial charge < -0.3 is 14.1 Å². The second-order valence-corrected chi connectivity index (χ2v) is 6.03. The summed E-state index contributed by atoms with van der Waals surface area (Å²) in [5, 5.41) is 4.47. The van der Waals surface area contributed by atoms with E-state index in [0.29, 0.717) is 32.0 Å². The lowest BCUT2D eigenvalue weighted by atomic mass is 10.2. The summed E-state index contributed by atoms with van der Waals surface area (Å²) in [5.74, 6) is 0.955. The van der Waals surface area contributed by atoms with Crippen molar-refractivity contribution in [3.05, 3.63) is 41.1 Å². The largest absolute Gasteiger partial charge is 0.468 e. The van der Waals surface area contributed by atoms with Crippen molar-refractivity contribution in [1.29, 1.82) is 0 Å². The van der Waals surface area contributed by atoms with E-state index in [0.717, 1.165) is 36.7 Å². The van der Waals surface area contributed by atoms with E-state index in [1.165, 1.54) is 0 Å². The van der Waals surface area contributed by atoms with Crippen molar-refractivity contribution in [2.24, 2.45) is 7.05 Å². The van der Waals surface area contributed by atoms with Gasteiger partial charge in [-0.25, -0.2) is 0 Å². The molecule has 0 bridgehead atoms. The second kappa shape index (κ2) is 5.82. The number of aromatic nitrogens is 2. The Morgan fingerprint density at radius 2 is 2.13 bits per heavy atom. The van der Waals surface area contributed by atoms with E-state index in [1.807, 2.05) is 28.8 Å². The van der Waals surface area contributed by atoms with E-state index in [2.05, 4.69) is 10.00 Å². The third-order valence-electron chi connectivity index (χ3n) is 4.49. The number of carbonyl (C=O) groups excluding carboxylic acids is 1. The molecule has 2 aromatic heterocycles. The van der Waals surface area contributed by atoms with Crippen LogP contribution in [0.5, 0.6) is 0 Å². The Morgan fingerprint density at radius 3 is 2.87 bits per heavy atom. The monoisotopic (exact) mass is 316 g/mol. The third-order valence-corrected chi connectivity index (χ3v) is 4.49. The fourth-order valence-corrected chi connectivity index (χ4v) is 3.28. The number of nitrogens with zero attached hydrogens (tertiary/aromatic N) is 4. The average molecular weight is 316 g/mol. The SMILES string of the molecule is Cn1nc(C(=O)N2CCOCC2)c2c1CN(Cc1ccco1)C2. The fraction of sp³-hybridized carbons (Fsp3) is 0.500. The lowest BCUT2D eigenvalue weighted by Gasteiger charge is -2.26. The molecule has 0 spiro atoms. The number of ether oxygens (including phenoxy) is 1. The number of rotatable bonds is 3. The van der Waals surface area contributed by atoms with Crippen molar-refractivity contribution in [2.45, 2.75) is 19.6 Å². The Balaban J connectivity index is 1.53. The first-order valence-electron chi connectivity index (χ1n) is 7.89. The molecule has 4 rings (SSSR count). The summed E-state index contributed by atoms with van der Waals surface area (Å²) in [4.78, 5) is 16.9. The van der Waals surface area contributed by atoms with Gasteiger partial charge in [0.25, 0.3) is 5.91 Å². The topological polar surface area (TPSA) is 63.7 Å². The van der Waals surface area contributed by atoms with Gasteiger partial charge in [0.1, 0.15) is 5.76 Å². The summed E-state index contributed by atoms with van der Waals surface area (Å²) >= 11 is 0. The number of carbonyl (C=O) groups is 1. The highest BCUT2D eigenvalue weighted by Crippen LogP contribution is 2.27. The van der Waals surface area contributed by atoms with Gasteiger partial charge in [0, 0.05) is 38.8 Å². The van der Waals surface area contributed by atoms with Crippen molar-refractivity contribution in [1.82, 2.24) is 19.6 Å². The maximum Gasteiger partial charge on any atom is 0.274 e. The number of hydrogen-bond acceptors (Lipinski definition) is 5. The quantitative estimate of drug-likeness (QED) is 0.845. The minimum atomic E-state index is 0.0185. The average Bonchev–Trinajstić information content (AvgIpc) is 3.28. The zero-order chi connectivity index (χ0) is 15.8. The fourth-order valence-electron chi connectivity index (χ4n) is 3.28. The van der Waals surface area contributed by atoms with E-state index in [4.69, 9.17) is 9.15 Å². The molecule has 1 fully saturated rings. The molecule has 0 unspecified atom stereocenters. The molecule has 0 atom stereocenters. The van der Waals surface area contributed by atoms with Crippen LogP contribution < -0.4 is 0 Å². The van der Waals surface area contributed by atoms with Gasteiger partial charge in [-0.15, -0.1) is 0 Å². The van der Waals surface area contributed by atoms with Gasteiger partial charge in [0.05, 0.1) is 31.7 Å². The van der Waals surface area contributed by atoms with Gasteiger partial charge in [-0.2, -0.15) is 5.10 Å². The normalized spacial score (nSPS) is 18.4. The van der Waals surface area contributed by atoms with Crippen molar-refractivity contribution in [3.63, 3.8) is 0 Å². The van der Waals surface area contributed by atoms with Gasteiger partial charge in [-0.3, -0.25) is 14.4 Å². The van der Waals surface area contributed by atoms with Crippen molar-refractivity contribution < 1.29 is 13.9 Å². The molecule has 2 aliphatic heterocycles. The van der Waals surface area contributed by atoms with Crippen LogP contribution in [0.15, 0.2) is 22.8 Å². The van der Waals surface area contributed by atoms with Crippen LogP contribution in [-0.2, 0) is 31.4 Å². The van der Waals surface area contributed by atoms with E-state index in [1.54, 1.807) is 6.26 Å². The van der Waals surface area contributed by atoms with Gasteiger partial charge in [0.2, 0.25) is 0 Å². The third kappa shape index (κ3) is 2.66. The molecule has 0 radical (unpaired) electrons. The summed E-state index contributed by atoms with van der Waals surface area (Å²) in [6.07, 6.45) is 1.69. The van der Waals surface area contributed by atoms with E-state index in [-0.39, 0.29) is 5.91 Å². The molecule has 1 amide bonds. The lowest BCUT2D eigenvalue weighted by molar-refractivity contribution is 0.0297. The summed E-state index contributed by atoms with van der Waals surface area (Å²) in [7, 11) is 1.91. The summed E-state index contributed by atoms with van der Waals surface area (Å²) in [6.45, 7) is 4.75. The molecule has 7 heteroatoms. The number of aryl methyl sites for hydroxylation is 1. The second-order valence-electron chi connectivity index (χ2n) is 6.03. The van der Waals surface area contributed by atoms with Crippen molar-refractivity contribution in [2.75, 3.05) is 26.3 Å². The molecule has 0 N–H and O–H groups in total. The van der Waals surface area contributed by atoms with Crippen LogP contribution in [0.2, 0.25) is 0 Å². The zero-order valence-corrected chi connectivity index (χ0v) is 13.2. The predicted octanol–water partition coefficient (Wildman–Crippen LogP) is 1.00. The number of fused-ring (bicyclic) bond motifs is 1. The van der Waals surface area contributed by atoms with Gasteiger partial charge in [-0.1, -0.05) is 0 Å². The molecule has 4 heterocycles. The number of amides is 1. The molecule has 122 valence electrons. The highest BCUT2D eigenvalue weighted by Gasteiger charge is 2.32. The Hall–Kier alpha value is -2.12. The lowest BCUT2D eigenvalue weighted by Crippen LogP contribution is -2.41. The summed E-state index contributed by atoms with van der Waals surface area (Å²) < 4.78 is 12.6. The Labute approximate surface area is 134 Å². The number of furan rings is 1. The molecule has 0 saturated carbocycles. The van der Waals surface area contributed by atoms with E-state index in [9.17, 15) is 4.79 Å². The highest BCUT2D eigenvalue weighted by atomic mass is 16.5. The molecule has 0 aliphatic carbocycles. The number of hydrogen-bond donors (Lipinski definition) is 0. The molecule has 2 aromatic rings. The van der Waals surface area contributed by atoms with Crippen LogP contribution in [-0.4, -0.2) is 51.8 Å². The minimum Gasteiger partial charge on any atom is -0.468 e. The van der Waals surface area contributed by atoms with Crippen LogP contribution in [0.1, 0.15) is 27.5 Å². The molecule has 23 heavy (non-hydrogen) atoms. The van der Waals surface area contributed by atoms with E-state index < -0.39 is 0 Å². The maximum absolute atomic E-state index is 12.8. The molecule has 7 nitrogen and oxygen atoms in total. The number of morpholine rings is 1. The van der Waals surface area contributed by atoms with Crippen LogP contribution in [0.4, 0.5) is 0 Å². The van der Waals surface area contributed by atoms with Crippen LogP contribution in [0, 0.1) is 0 Å². The van der Waals surface area contributed by atoms with E-state index >= 15 is 0 Å². The van der Waals surface area contributed by atoms with Crippen LogP contribution in [0.3, 0.4) is 0 Å². The zero-order valence-electron chi connectivity index (χ0n) is 13.2. The molecular weight excluding hydrogens is 296 g/mol. The predicted molar refractivity (Wildman–Crippen MR) is 81.6 cm³/mol. The molecular formula is C16H20N4O3. The standard InChI is InChI=1S/C16H20N4O3/c1-18-14-11-19(9-12-3-2-6-23-12)10-13(14)15(17-18)16(21)20-4-7-22-8-5-20/h2-3,6H,4-5,7-11H2,1H3. The molecule has 0 aromatic carbocycles. The molecule has 2 aliphatic rings. The minimum absolute atomic E-state index is 0.0185. The highest BCUT2D eigenvalue weighted by molar-refractivity contribution is 5.94. The van der Waals surface area contributed by atoms with Crippen LogP contribution in [0.25, 0.3) is 0 Å². The first-order valence-corrected chi connectivity index (χ1v) is 7.89. The summed E-state index contributed by atoms with van der Waals surface area (Å²) in [5.41, 5.74) is 2.76. The van der Waals surface area contributed by atoms with Gasteiger partial charge in [0.15, 0.2) is 5.69 Å². The maximum atomic E-state index is 12.8. The van der Waals surface area contributed by atoms with Crippen LogP contribution >= 0.6 is 0 Å². The first kappa shape index (κ1) is 14.5. The first-order chi connectivity index (χ1) is 11.2. The summed E-state index contributed by atoms with van der Waals surface area (Å²) in [6, 6.07) is 3.87. The van der Waals surface area contributed by atoms with Crippen molar-refractivity contribution in [3.8, 4) is 0 Å². The Bertz CT molecular complexity index is 701. The van der Waals surface area contributed by atoms with Gasteiger partial charge in [-0.05, 0) is 12.1 Å². The van der Waals surface area contributed by atoms with Crippen molar-refractivity contribution >= 4 is 5.91 Å². The smallest absolute Gasteiger partial charge is 0.274 e.